The van der Waals surface area contributed by atoms with E-state index in [2.05, 4.69) is 5.10 Å². The van der Waals surface area contributed by atoms with Crippen LogP contribution in [0.15, 0.2) is 11.0 Å². The molecule has 0 fully saturated rings. The predicted molar refractivity (Wildman–Crippen MR) is 63.1 cm³/mol. The van der Waals surface area contributed by atoms with Crippen LogP contribution in [-0.4, -0.2) is 22.9 Å². The second-order valence-corrected chi connectivity index (χ2v) is 4.73. The van der Waals surface area contributed by atoms with Crippen LogP contribution in [0.25, 0.3) is 0 Å². The SMILES string of the molecule is CC(C)(C)n1ncc(OCCN)c(Cl)c1=O. The molecule has 0 atom stereocenters. The van der Waals surface area contributed by atoms with Crippen molar-refractivity contribution in [3.05, 3.63) is 21.6 Å². The van der Waals surface area contributed by atoms with Gasteiger partial charge in [-0.3, -0.25) is 4.79 Å². The van der Waals surface area contributed by atoms with E-state index in [1.807, 2.05) is 20.8 Å². The summed E-state index contributed by atoms with van der Waals surface area (Å²) < 4.78 is 6.53. The summed E-state index contributed by atoms with van der Waals surface area (Å²) in [5.74, 6) is 0.276. The molecule has 0 amide bonds. The van der Waals surface area contributed by atoms with Crippen LogP contribution in [0.3, 0.4) is 0 Å². The topological polar surface area (TPSA) is 70.1 Å². The van der Waals surface area contributed by atoms with Crippen LogP contribution in [0.5, 0.6) is 5.75 Å². The van der Waals surface area contributed by atoms with Crippen LogP contribution >= 0.6 is 11.6 Å². The zero-order chi connectivity index (χ0) is 12.3. The molecule has 5 nitrogen and oxygen atoms in total. The quantitative estimate of drug-likeness (QED) is 0.862. The molecule has 0 saturated carbocycles. The van der Waals surface area contributed by atoms with Crippen LogP contribution < -0.4 is 16.0 Å². The Morgan fingerprint density at radius 3 is 2.69 bits per heavy atom. The van der Waals surface area contributed by atoms with Gasteiger partial charge in [0.1, 0.15) is 6.61 Å². The zero-order valence-electron chi connectivity index (χ0n) is 9.66. The molecule has 0 bridgehead atoms. The number of nitrogens with two attached hydrogens (primary N) is 1. The van der Waals surface area contributed by atoms with Crippen molar-refractivity contribution in [3.8, 4) is 5.75 Å². The van der Waals surface area contributed by atoms with Gasteiger partial charge in [0.15, 0.2) is 10.8 Å². The Kier molecular flexibility index (Phi) is 3.93. The number of aromatic nitrogens is 2. The van der Waals surface area contributed by atoms with E-state index in [0.717, 1.165) is 0 Å². The summed E-state index contributed by atoms with van der Waals surface area (Å²) in [5, 5.41) is 4.06. The molecule has 0 spiro atoms. The van der Waals surface area contributed by atoms with Crippen molar-refractivity contribution >= 4 is 11.6 Å². The average Bonchev–Trinajstić information content (AvgIpc) is 2.18. The van der Waals surface area contributed by atoms with Gasteiger partial charge in [0.2, 0.25) is 0 Å². The lowest BCUT2D eigenvalue weighted by Gasteiger charge is -2.21. The first-order valence-corrected chi connectivity index (χ1v) is 5.37. The molecule has 0 saturated heterocycles. The average molecular weight is 246 g/mol. The lowest BCUT2D eigenvalue weighted by molar-refractivity contribution is 0.307. The summed E-state index contributed by atoms with van der Waals surface area (Å²) in [6, 6.07) is 0. The van der Waals surface area contributed by atoms with Gasteiger partial charge in [-0.15, -0.1) is 0 Å². The van der Waals surface area contributed by atoms with E-state index < -0.39 is 5.54 Å². The van der Waals surface area contributed by atoms with Gasteiger partial charge in [-0.25, -0.2) is 4.68 Å². The number of rotatable bonds is 3. The summed E-state index contributed by atoms with van der Waals surface area (Å²) in [6.45, 7) is 6.29. The van der Waals surface area contributed by atoms with Crippen LogP contribution in [0, 0.1) is 0 Å². The van der Waals surface area contributed by atoms with Gasteiger partial charge in [-0.1, -0.05) is 11.6 Å². The maximum Gasteiger partial charge on any atom is 0.289 e. The van der Waals surface area contributed by atoms with Crippen molar-refractivity contribution in [3.63, 3.8) is 0 Å². The van der Waals surface area contributed by atoms with Gasteiger partial charge < -0.3 is 10.5 Å². The molecule has 1 rings (SSSR count). The van der Waals surface area contributed by atoms with Crippen LogP contribution in [-0.2, 0) is 5.54 Å². The lowest BCUT2D eigenvalue weighted by Crippen LogP contribution is -2.36. The van der Waals surface area contributed by atoms with Crippen molar-refractivity contribution in [2.45, 2.75) is 26.3 Å². The fourth-order valence-corrected chi connectivity index (χ4v) is 1.35. The molecule has 1 aromatic heterocycles. The second kappa shape index (κ2) is 4.84. The number of hydrogen-bond donors (Lipinski definition) is 1. The van der Waals surface area contributed by atoms with Crippen molar-refractivity contribution < 1.29 is 4.74 Å². The Morgan fingerprint density at radius 2 is 2.19 bits per heavy atom. The third kappa shape index (κ3) is 2.74. The van der Waals surface area contributed by atoms with Crippen molar-refractivity contribution in [2.24, 2.45) is 5.73 Å². The lowest BCUT2D eigenvalue weighted by atomic mass is 10.1. The van der Waals surface area contributed by atoms with Crippen LogP contribution in [0.1, 0.15) is 20.8 Å². The van der Waals surface area contributed by atoms with E-state index in [0.29, 0.717) is 13.2 Å². The minimum absolute atomic E-state index is 0.0402. The molecule has 6 heteroatoms. The summed E-state index contributed by atoms with van der Waals surface area (Å²) in [4.78, 5) is 11.9. The maximum absolute atomic E-state index is 11.9. The molecule has 0 aliphatic heterocycles. The van der Waals surface area contributed by atoms with E-state index in [1.165, 1.54) is 10.9 Å². The molecule has 0 aliphatic rings. The molecule has 1 heterocycles. The van der Waals surface area contributed by atoms with Gasteiger partial charge in [-0.2, -0.15) is 5.10 Å². The van der Waals surface area contributed by atoms with Gasteiger partial charge in [0.05, 0.1) is 11.7 Å². The number of ether oxygens (including phenoxy) is 1. The third-order valence-electron chi connectivity index (χ3n) is 1.90. The normalized spacial score (nSPS) is 11.6. The van der Waals surface area contributed by atoms with Crippen LogP contribution in [0.2, 0.25) is 5.02 Å². The highest BCUT2D eigenvalue weighted by Crippen LogP contribution is 2.20. The number of nitrogens with zero attached hydrogens (tertiary/aromatic N) is 2. The minimum Gasteiger partial charge on any atom is -0.489 e. The van der Waals surface area contributed by atoms with E-state index >= 15 is 0 Å². The van der Waals surface area contributed by atoms with Gasteiger partial charge in [0.25, 0.3) is 5.56 Å². The standard InChI is InChI=1S/C10H16ClN3O2/c1-10(2,3)14-9(15)8(11)7(6-13-14)16-5-4-12/h6H,4-5,12H2,1-3H3. The molecule has 0 aromatic carbocycles. The highest BCUT2D eigenvalue weighted by atomic mass is 35.5. The summed E-state index contributed by atoms with van der Waals surface area (Å²) in [7, 11) is 0. The van der Waals surface area contributed by atoms with Crippen molar-refractivity contribution in [2.75, 3.05) is 13.2 Å². The molecule has 1 aromatic rings. The van der Waals surface area contributed by atoms with E-state index in [1.54, 1.807) is 0 Å². The second-order valence-electron chi connectivity index (χ2n) is 4.35. The zero-order valence-corrected chi connectivity index (χ0v) is 10.4. The highest BCUT2D eigenvalue weighted by Gasteiger charge is 2.19. The number of hydrogen-bond acceptors (Lipinski definition) is 4. The summed E-state index contributed by atoms with van der Waals surface area (Å²) >= 11 is 5.90. The first kappa shape index (κ1) is 13.0. The van der Waals surface area contributed by atoms with E-state index in [4.69, 9.17) is 22.1 Å². The molecular weight excluding hydrogens is 230 g/mol. The van der Waals surface area contributed by atoms with Crippen LogP contribution in [0.4, 0.5) is 0 Å². The summed E-state index contributed by atoms with van der Waals surface area (Å²) in [6.07, 6.45) is 1.44. The van der Waals surface area contributed by atoms with Crippen molar-refractivity contribution in [1.82, 2.24) is 9.78 Å². The largest absolute Gasteiger partial charge is 0.489 e. The van der Waals surface area contributed by atoms with Gasteiger partial charge in [0, 0.05) is 6.54 Å². The smallest absolute Gasteiger partial charge is 0.289 e. The van der Waals surface area contributed by atoms with E-state index in [-0.39, 0.29) is 16.3 Å². The Balaban J connectivity index is 3.14. The summed E-state index contributed by atoms with van der Waals surface area (Å²) in [5.41, 5.74) is 4.52. The monoisotopic (exact) mass is 245 g/mol. The first-order chi connectivity index (χ1) is 7.38. The molecular formula is C10H16ClN3O2. The maximum atomic E-state index is 11.9. The fourth-order valence-electron chi connectivity index (χ4n) is 1.17. The fraction of sp³-hybridized carbons (Fsp3) is 0.600. The minimum atomic E-state index is -0.410. The number of halogens is 1. The van der Waals surface area contributed by atoms with Gasteiger partial charge >= 0.3 is 0 Å². The molecule has 0 unspecified atom stereocenters. The van der Waals surface area contributed by atoms with Gasteiger partial charge in [-0.05, 0) is 20.8 Å². The third-order valence-corrected chi connectivity index (χ3v) is 2.25. The molecule has 0 aliphatic carbocycles. The Hall–Kier alpha value is -1.07. The Morgan fingerprint density at radius 1 is 1.56 bits per heavy atom. The molecule has 2 N–H and O–H groups in total. The van der Waals surface area contributed by atoms with E-state index in [9.17, 15) is 4.79 Å². The predicted octanol–water partition coefficient (Wildman–Crippen LogP) is 0.989. The Bertz CT molecular complexity index is 423. The Labute approximate surface area is 99.2 Å². The molecule has 90 valence electrons. The van der Waals surface area contributed by atoms with Crippen molar-refractivity contribution in [1.29, 1.82) is 0 Å². The highest BCUT2D eigenvalue weighted by molar-refractivity contribution is 6.31. The molecule has 0 radical (unpaired) electrons. The molecule has 16 heavy (non-hydrogen) atoms. The first-order valence-electron chi connectivity index (χ1n) is 4.99.